The fraction of sp³-hybridized carbons (Fsp3) is 0.0625. The van der Waals surface area contributed by atoms with Crippen LogP contribution in [0.4, 0.5) is 5.69 Å². The van der Waals surface area contributed by atoms with Crippen LogP contribution in [0.2, 0.25) is 0 Å². The Labute approximate surface area is 131 Å². The second-order valence-electron chi connectivity index (χ2n) is 4.62. The molecule has 2 heterocycles. The first kappa shape index (κ1) is 14.2. The summed E-state index contributed by atoms with van der Waals surface area (Å²) in [6.07, 6.45) is 1.65. The molecule has 1 aliphatic rings. The molecule has 3 rings (SSSR count). The molecule has 0 radical (unpaired) electrons. The van der Waals surface area contributed by atoms with Gasteiger partial charge in [0.1, 0.15) is 0 Å². The molecular weight excluding hydrogens is 300 g/mol. The van der Waals surface area contributed by atoms with E-state index in [1.807, 2.05) is 17.5 Å². The van der Waals surface area contributed by atoms with E-state index in [0.29, 0.717) is 11.6 Å². The van der Waals surface area contributed by atoms with Gasteiger partial charge in [-0.1, -0.05) is 18.2 Å². The zero-order valence-corrected chi connectivity index (χ0v) is 12.5. The maximum atomic E-state index is 11.8. The number of aliphatic imine (C=N–C) groups is 1. The highest BCUT2D eigenvalue weighted by molar-refractivity contribution is 7.12. The van der Waals surface area contributed by atoms with Crippen molar-refractivity contribution >= 4 is 40.9 Å². The highest BCUT2D eigenvalue weighted by atomic mass is 32.1. The zero-order chi connectivity index (χ0) is 15.5. The Hall–Kier alpha value is -2.73. The molecular formula is C16H12N2O3S. The average molecular weight is 312 g/mol. The highest BCUT2D eigenvalue weighted by Gasteiger charge is 2.24. The molecule has 1 amide bonds. The van der Waals surface area contributed by atoms with E-state index >= 15 is 0 Å². The first-order valence-corrected chi connectivity index (χ1v) is 7.44. The molecule has 110 valence electrons. The van der Waals surface area contributed by atoms with Gasteiger partial charge in [-0.05, 0) is 35.2 Å². The standard InChI is InChI=1S/C16H12N2O3S/c1-10(19)17-12-6-4-11(5-7-12)9-13-16(20)21-15(18-13)14-3-2-8-22-14/h2-9H,1H3,(H,17,19)/b13-9-. The van der Waals surface area contributed by atoms with Gasteiger partial charge >= 0.3 is 5.97 Å². The van der Waals surface area contributed by atoms with Crippen molar-refractivity contribution in [2.24, 2.45) is 4.99 Å². The number of carbonyl (C=O) groups is 2. The number of nitrogens with one attached hydrogen (secondary N) is 1. The number of hydrogen-bond acceptors (Lipinski definition) is 5. The maximum Gasteiger partial charge on any atom is 0.363 e. The summed E-state index contributed by atoms with van der Waals surface area (Å²) >= 11 is 1.46. The number of ether oxygens (including phenoxy) is 1. The van der Waals surface area contributed by atoms with E-state index in [-0.39, 0.29) is 11.6 Å². The summed E-state index contributed by atoms with van der Waals surface area (Å²) in [5.74, 6) is -0.258. The SMILES string of the molecule is CC(=O)Nc1ccc(/C=C2\N=C(c3cccs3)OC2=O)cc1. The Kier molecular flexibility index (Phi) is 3.84. The van der Waals surface area contributed by atoms with Crippen LogP contribution in [0.5, 0.6) is 0 Å². The van der Waals surface area contributed by atoms with Crippen LogP contribution in [0, 0.1) is 0 Å². The van der Waals surface area contributed by atoms with Gasteiger partial charge in [-0.15, -0.1) is 11.3 Å². The molecule has 2 aromatic rings. The molecule has 1 N–H and O–H groups in total. The van der Waals surface area contributed by atoms with Crippen molar-refractivity contribution in [1.29, 1.82) is 0 Å². The van der Waals surface area contributed by atoms with Gasteiger partial charge in [-0.25, -0.2) is 9.79 Å². The third-order valence-electron chi connectivity index (χ3n) is 2.89. The minimum absolute atomic E-state index is 0.129. The second kappa shape index (κ2) is 5.95. The number of nitrogens with zero attached hydrogens (tertiary/aromatic N) is 1. The molecule has 0 unspecified atom stereocenters. The monoisotopic (exact) mass is 312 g/mol. The number of benzene rings is 1. The quantitative estimate of drug-likeness (QED) is 0.699. The maximum absolute atomic E-state index is 11.8. The first-order valence-electron chi connectivity index (χ1n) is 6.56. The molecule has 0 saturated carbocycles. The van der Waals surface area contributed by atoms with Crippen molar-refractivity contribution in [1.82, 2.24) is 0 Å². The Balaban J connectivity index is 1.82. The van der Waals surface area contributed by atoms with Crippen LogP contribution >= 0.6 is 11.3 Å². The molecule has 1 aromatic heterocycles. The van der Waals surface area contributed by atoms with E-state index in [2.05, 4.69) is 10.3 Å². The third kappa shape index (κ3) is 3.12. The van der Waals surface area contributed by atoms with Crippen LogP contribution in [0.25, 0.3) is 6.08 Å². The fourth-order valence-corrected chi connectivity index (χ4v) is 2.59. The largest absolute Gasteiger partial charge is 0.401 e. The Morgan fingerprint density at radius 2 is 2.05 bits per heavy atom. The van der Waals surface area contributed by atoms with Crippen molar-refractivity contribution < 1.29 is 14.3 Å². The van der Waals surface area contributed by atoms with Crippen LogP contribution in [-0.4, -0.2) is 17.8 Å². The Bertz CT molecular complexity index is 774. The predicted molar refractivity (Wildman–Crippen MR) is 85.7 cm³/mol. The van der Waals surface area contributed by atoms with E-state index in [4.69, 9.17) is 4.74 Å². The van der Waals surface area contributed by atoms with Gasteiger partial charge in [-0.3, -0.25) is 4.79 Å². The lowest BCUT2D eigenvalue weighted by Gasteiger charge is -2.01. The van der Waals surface area contributed by atoms with E-state index in [9.17, 15) is 9.59 Å². The van der Waals surface area contributed by atoms with E-state index in [0.717, 1.165) is 10.4 Å². The minimum Gasteiger partial charge on any atom is -0.401 e. The van der Waals surface area contributed by atoms with Gasteiger partial charge in [-0.2, -0.15) is 0 Å². The number of amides is 1. The summed E-state index contributed by atoms with van der Waals surface area (Å²) in [7, 11) is 0. The molecule has 0 aliphatic carbocycles. The van der Waals surface area contributed by atoms with Gasteiger partial charge in [0, 0.05) is 12.6 Å². The van der Waals surface area contributed by atoms with Crippen LogP contribution < -0.4 is 5.32 Å². The minimum atomic E-state index is -0.464. The lowest BCUT2D eigenvalue weighted by molar-refractivity contribution is -0.129. The summed E-state index contributed by atoms with van der Waals surface area (Å²) in [4.78, 5) is 27.8. The zero-order valence-electron chi connectivity index (χ0n) is 11.7. The average Bonchev–Trinajstić information content (AvgIpc) is 3.11. The summed E-state index contributed by atoms with van der Waals surface area (Å²) in [6, 6.07) is 10.8. The van der Waals surface area contributed by atoms with Crippen molar-refractivity contribution in [3.63, 3.8) is 0 Å². The highest BCUT2D eigenvalue weighted by Crippen LogP contribution is 2.22. The summed E-state index contributed by atoms with van der Waals surface area (Å²) in [5, 5.41) is 4.58. The van der Waals surface area contributed by atoms with E-state index in [1.165, 1.54) is 18.3 Å². The van der Waals surface area contributed by atoms with Crippen LogP contribution in [0.15, 0.2) is 52.5 Å². The van der Waals surface area contributed by atoms with Gasteiger partial charge < -0.3 is 10.1 Å². The van der Waals surface area contributed by atoms with Crippen LogP contribution in [0.3, 0.4) is 0 Å². The molecule has 6 heteroatoms. The number of cyclic esters (lactones) is 1. The number of thiophene rings is 1. The normalized spacial score (nSPS) is 15.6. The molecule has 0 fully saturated rings. The van der Waals surface area contributed by atoms with Gasteiger partial charge in [0.2, 0.25) is 11.8 Å². The summed E-state index contributed by atoms with van der Waals surface area (Å²) in [6.45, 7) is 1.45. The molecule has 0 spiro atoms. The predicted octanol–water partition coefficient (Wildman–Crippen LogP) is 3.05. The lowest BCUT2D eigenvalue weighted by Crippen LogP contribution is -2.05. The molecule has 0 saturated heterocycles. The summed E-state index contributed by atoms with van der Waals surface area (Å²) in [5.41, 5.74) is 1.76. The lowest BCUT2D eigenvalue weighted by atomic mass is 10.2. The van der Waals surface area contributed by atoms with Crippen molar-refractivity contribution in [3.8, 4) is 0 Å². The van der Waals surface area contributed by atoms with Gasteiger partial charge in [0.25, 0.3) is 0 Å². The van der Waals surface area contributed by atoms with Crippen LogP contribution in [-0.2, 0) is 14.3 Å². The molecule has 22 heavy (non-hydrogen) atoms. The molecule has 0 bridgehead atoms. The van der Waals surface area contributed by atoms with Gasteiger partial charge in [0.15, 0.2) is 5.70 Å². The summed E-state index contributed by atoms with van der Waals surface area (Å²) < 4.78 is 5.16. The fourth-order valence-electron chi connectivity index (χ4n) is 1.94. The number of rotatable bonds is 3. The molecule has 1 aliphatic heterocycles. The molecule has 0 atom stereocenters. The number of anilines is 1. The van der Waals surface area contributed by atoms with Crippen molar-refractivity contribution in [2.75, 3.05) is 5.32 Å². The molecule has 1 aromatic carbocycles. The Morgan fingerprint density at radius 1 is 1.27 bits per heavy atom. The number of carbonyl (C=O) groups excluding carboxylic acids is 2. The van der Waals surface area contributed by atoms with E-state index in [1.54, 1.807) is 30.3 Å². The van der Waals surface area contributed by atoms with Crippen molar-refractivity contribution in [3.05, 3.63) is 57.9 Å². The van der Waals surface area contributed by atoms with Gasteiger partial charge in [0.05, 0.1) is 4.88 Å². The van der Waals surface area contributed by atoms with Crippen molar-refractivity contribution in [2.45, 2.75) is 6.92 Å². The topological polar surface area (TPSA) is 67.8 Å². The first-order chi connectivity index (χ1) is 10.6. The second-order valence-corrected chi connectivity index (χ2v) is 5.56. The van der Waals surface area contributed by atoms with E-state index < -0.39 is 5.97 Å². The Morgan fingerprint density at radius 3 is 2.68 bits per heavy atom. The third-order valence-corrected chi connectivity index (χ3v) is 3.74. The smallest absolute Gasteiger partial charge is 0.363 e. The number of hydrogen-bond donors (Lipinski definition) is 1. The molecule has 5 nitrogen and oxygen atoms in total. The van der Waals surface area contributed by atoms with Crippen LogP contribution in [0.1, 0.15) is 17.4 Å². The number of esters is 1.